The number of nitrogens with zero attached hydrogens (tertiary/aromatic N) is 2. The molecule has 0 bridgehead atoms. The van der Waals surface area contributed by atoms with Gasteiger partial charge in [0.15, 0.2) is 0 Å². The molecule has 0 saturated carbocycles. The highest BCUT2D eigenvalue weighted by Crippen LogP contribution is 2.17. The second-order valence-corrected chi connectivity index (χ2v) is 4.90. The normalized spacial score (nSPS) is 10.7. The zero-order chi connectivity index (χ0) is 15.4. The minimum absolute atomic E-state index is 0.287. The van der Waals surface area contributed by atoms with E-state index in [1.165, 1.54) is 10.7 Å². The van der Waals surface area contributed by atoms with E-state index in [2.05, 4.69) is 10.4 Å². The maximum Gasteiger partial charge on any atom is 0.251 e. The van der Waals surface area contributed by atoms with E-state index in [1.807, 2.05) is 19.9 Å². The van der Waals surface area contributed by atoms with Crippen LogP contribution in [0.25, 0.3) is 5.69 Å². The SMILES string of the molecule is Cc1cc(C)n(-c2ccc(C(=O)NCCCN)cc2F)n1. The molecule has 0 aliphatic carbocycles. The van der Waals surface area contributed by atoms with Gasteiger partial charge in [-0.05, 0) is 51.1 Å². The molecule has 1 aromatic heterocycles. The van der Waals surface area contributed by atoms with E-state index < -0.39 is 5.82 Å². The summed E-state index contributed by atoms with van der Waals surface area (Å²) in [7, 11) is 0. The van der Waals surface area contributed by atoms with Crippen molar-refractivity contribution in [3.8, 4) is 5.69 Å². The zero-order valence-electron chi connectivity index (χ0n) is 12.2. The van der Waals surface area contributed by atoms with Crippen molar-refractivity contribution in [2.75, 3.05) is 13.1 Å². The molecule has 0 fully saturated rings. The number of halogens is 1. The van der Waals surface area contributed by atoms with Gasteiger partial charge in [0.25, 0.3) is 5.91 Å². The molecule has 0 aliphatic heterocycles. The summed E-state index contributed by atoms with van der Waals surface area (Å²) in [5, 5.41) is 6.93. The van der Waals surface area contributed by atoms with Gasteiger partial charge in [-0.1, -0.05) is 0 Å². The highest BCUT2D eigenvalue weighted by atomic mass is 19.1. The molecule has 1 amide bonds. The van der Waals surface area contributed by atoms with Crippen molar-refractivity contribution in [3.05, 3.63) is 47.0 Å². The molecule has 3 N–H and O–H groups in total. The fourth-order valence-electron chi connectivity index (χ4n) is 2.10. The number of rotatable bonds is 5. The summed E-state index contributed by atoms with van der Waals surface area (Å²) in [6.45, 7) is 4.69. The first-order valence-electron chi connectivity index (χ1n) is 6.84. The van der Waals surface area contributed by atoms with Gasteiger partial charge in [0.2, 0.25) is 0 Å². The summed E-state index contributed by atoms with van der Waals surface area (Å²) in [6, 6.07) is 6.25. The third-order valence-electron chi connectivity index (χ3n) is 3.11. The van der Waals surface area contributed by atoms with E-state index in [0.717, 1.165) is 11.4 Å². The minimum atomic E-state index is -0.479. The average molecular weight is 290 g/mol. The number of aromatic nitrogens is 2. The molecule has 0 saturated heterocycles. The monoisotopic (exact) mass is 290 g/mol. The first-order valence-corrected chi connectivity index (χ1v) is 6.84. The van der Waals surface area contributed by atoms with Crippen molar-refractivity contribution in [3.63, 3.8) is 0 Å². The highest BCUT2D eigenvalue weighted by Gasteiger charge is 2.12. The number of aryl methyl sites for hydroxylation is 2. The standard InChI is InChI=1S/C15H19FN4O/c1-10-8-11(2)20(19-10)14-5-4-12(9-13(14)16)15(21)18-7-3-6-17/h4-5,8-9H,3,6-7,17H2,1-2H3,(H,18,21). The molecule has 1 aromatic carbocycles. The van der Waals surface area contributed by atoms with Crippen LogP contribution in [-0.2, 0) is 0 Å². The Hall–Kier alpha value is -2.21. The van der Waals surface area contributed by atoms with Crippen LogP contribution in [-0.4, -0.2) is 28.8 Å². The van der Waals surface area contributed by atoms with E-state index in [4.69, 9.17) is 5.73 Å². The van der Waals surface area contributed by atoms with Crippen molar-refractivity contribution < 1.29 is 9.18 Å². The van der Waals surface area contributed by atoms with Gasteiger partial charge in [-0.15, -0.1) is 0 Å². The van der Waals surface area contributed by atoms with Gasteiger partial charge in [-0.25, -0.2) is 9.07 Å². The Kier molecular flexibility index (Phi) is 4.70. The van der Waals surface area contributed by atoms with E-state index >= 15 is 0 Å². The number of carbonyl (C=O) groups excluding carboxylic acids is 1. The number of nitrogens with one attached hydrogen (secondary N) is 1. The van der Waals surface area contributed by atoms with Gasteiger partial charge in [-0.3, -0.25) is 4.79 Å². The predicted octanol–water partition coefficient (Wildman–Crippen LogP) is 1.71. The molecule has 1 heterocycles. The van der Waals surface area contributed by atoms with Gasteiger partial charge < -0.3 is 11.1 Å². The lowest BCUT2D eigenvalue weighted by molar-refractivity contribution is 0.0953. The van der Waals surface area contributed by atoms with Crippen LogP contribution in [0.5, 0.6) is 0 Å². The molecule has 6 heteroatoms. The molecule has 0 unspecified atom stereocenters. The van der Waals surface area contributed by atoms with Crippen LogP contribution in [0.15, 0.2) is 24.3 Å². The van der Waals surface area contributed by atoms with Gasteiger partial charge in [0.1, 0.15) is 11.5 Å². The quantitative estimate of drug-likeness (QED) is 0.823. The van der Waals surface area contributed by atoms with E-state index in [0.29, 0.717) is 25.2 Å². The van der Waals surface area contributed by atoms with E-state index in [-0.39, 0.29) is 11.5 Å². The largest absolute Gasteiger partial charge is 0.352 e. The van der Waals surface area contributed by atoms with Crippen LogP contribution >= 0.6 is 0 Å². The number of amides is 1. The number of hydrogen-bond acceptors (Lipinski definition) is 3. The van der Waals surface area contributed by atoms with E-state index in [1.54, 1.807) is 12.1 Å². The lowest BCUT2D eigenvalue weighted by atomic mass is 10.2. The van der Waals surface area contributed by atoms with Gasteiger partial charge in [0, 0.05) is 17.8 Å². The van der Waals surface area contributed by atoms with Crippen molar-refractivity contribution >= 4 is 5.91 Å². The molecule has 112 valence electrons. The lowest BCUT2D eigenvalue weighted by Gasteiger charge is -2.08. The maximum absolute atomic E-state index is 14.2. The Morgan fingerprint density at radius 2 is 2.14 bits per heavy atom. The average Bonchev–Trinajstić information content (AvgIpc) is 2.77. The van der Waals surface area contributed by atoms with Crippen molar-refractivity contribution in [1.82, 2.24) is 15.1 Å². The van der Waals surface area contributed by atoms with Crippen molar-refractivity contribution in [2.24, 2.45) is 5.73 Å². The summed E-state index contributed by atoms with van der Waals surface area (Å²) in [4.78, 5) is 11.8. The summed E-state index contributed by atoms with van der Waals surface area (Å²) in [5.41, 5.74) is 7.63. The van der Waals surface area contributed by atoms with Gasteiger partial charge in [0.05, 0.1) is 5.69 Å². The Labute approximate surface area is 123 Å². The molecule has 0 atom stereocenters. The van der Waals surface area contributed by atoms with Crippen LogP contribution in [0.3, 0.4) is 0 Å². The Balaban J connectivity index is 2.21. The summed E-state index contributed by atoms with van der Waals surface area (Å²) in [6.07, 6.45) is 0.693. The van der Waals surface area contributed by atoms with Crippen LogP contribution in [0.1, 0.15) is 28.2 Å². The number of benzene rings is 1. The molecule has 0 radical (unpaired) electrons. The van der Waals surface area contributed by atoms with Crippen molar-refractivity contribution in [2.45, 2.75) is 20.3 Å². The summed E-state index contributed by atoms with van der Waals surface area (Å²) in [5.74, 6) is -0.782. The Morgan fingerprint density at radius 3 is 2.71 bits per heavy atom. The van der Waals surface area contributed by atoms with Gasteiger partial charge in [-0.2, -0.15) is 5.10 Å². The van der Waals surface area contributed by atoms with E-state index in [9.17, 15) is 9.18 Å². The molecule has 5 nitrogen and oxygen atoms in total. The van der Waals surface area contributed by atoms with Crippen LogP contribution in [0, 0.1) is 19.7 Å². The summed E-state index contributed by atoms with van der Waals surface area (Å²) >= 11 is 0. The Bertz CT molecular complexity index is 651. The second-order valence-electron chi connectivity index (χ2n) is 4.90. The molecular weight excluding hydrogens is 271 g/mol. The second kappa shape index (κ2) is 6.49. The summed E-state index contributed by atoms with van der Waals surface area (Å²) < 4.78 is 15.7. The molecule has 0 aliphatic rings. The van der Waals surface area contributed by atoms with Gasteiger partial charge >= 0.3 is 0 Å². The molecule has 2 aromatic rings. The fourth-order valence-corrected chi connectivity index (χ4v) is 2.10. The topological polar surface area (TPSA) is 72.9 Å². The van der Waals surface area contributed by atoms with Crippen LogP contribution < -0.4 is 11.1 Å². The minimum Gasteiger partial charge on any atom is -0.352 e. The fraction of sp³-hybridized carbons (Fsp3) is 0.333. The molecule has 2 rings (SSSR count). The number of hydrogen-bond donors (Lipinski definition) is 2. The first kappa shape index (κ1) is 15.2. The molecule has 0 spiro atoms. The molecule has 21 heavy (non-hydrogen) atoms. The number of carbonyl (C=O) groups is 1. The van der Waals surface area contributed by atoms with Crippen LogP contribution in [0.4, 0.5) is 4.39 Å². The predicted molar refractivity (Wildman–Crippen MR) is 79.0 cm³/mol. The zero-order valence-corrected chi connectivity index (χ0v) is 12.2. The highest BCUT2D eigenvalue weighted by molar-refractivity contribution is 5.94. The molecular formula is C15H19FN4O. The lowest BCUT2D eigenvalue weighted by Crippen LogP contribution is -2.26. The third kappa shape index (κ3) is 3.46. The smallest absolute Gasteiger partial charge is 0.251 e. The first-order chi connectivity index (χ1) is 10.0. The van der Waals surface area contributed by atoms with Crippen molar-refractivity contribution in [1.29, 1.82) is 0 Å². The maximum atomic E-state index is 14.2. The number of nitrogens with two attached hydrogens (primary N) is 1. The third-order valence-corrected chi connectivity index (χ3v) is 3.11. The van der Waals surface area contributed by atoms with Crippen LogP contribution in [0.2, 0.25) is 0 Å². The Morgan fingerprint density at radius 1 is 1.38 bits per heavy atom.